The molecule has 2 aromatic carbocycles. The van der Waals surface area contributed by atoms with Gasteiger partial charge < -0.3 is 0 Å². The Kier molecular flexibility index (Phi) is 5.37. The molecule has 0 spiro atoms. The van der Waals surface area contributed by atoms with E-state index in [4.69, 9.17) is 0 Å². The highest BCUT2D eigenvalue weighted by Crippen LogP contribution is 2.35. The van der Waals surface area contributed by atoms with Gasteiger partial charge in [0.15, 0.2) is 0 Å². The van der Waals surface area contributed by atoms with Crippen LogP contribution < -0.4 is 9.03 Å². The lowest BCUT2D eigenvalue weighted by Gasteiger charge is -2.31. The number of hydrogen-bond donors (Lipinski definition) is 1. The maximum absolute atomic E-state index is 13.3. The molecule has 158 valence electrons. The van der Waals surface area contributed by atoms with Gasteiger partial charge in [0.2, 0.25) is 0 Å². The zero-order valence-electron chi connectivity index (χ0n) is 16.6. The summed E-state index contributed by atoms with van der Waals surface area (Å²) in [6, 6.07) is 15.1. The third-order valence-corrected chi connectivity index (χ3v) is 9.70. The fourth-order valence-corrected chi connectivity index (χ4v) is 7.32. The van der Waals surface area contributed by atoms with Crippen molar-refractivity contribution in [1.29, 1.82) is 0 Å². The Morgan fingerprint density at radius 1 is 0.933 bits per heavy atom. The maximum atomic E-state index is 13.3. The Hall–Kier alpha value is -2.36. The minimum absolute atomic E-state index is 0.223. The number of thiophene rings is 1. The molecule has 6 nitrogen and oxygen atoms in total. The molecule has 0 fully saturated rings. The van der Waals surface area contributed by atoms with Crippen LogP contribution in [0, 0.1) is 13.8 Å². The summed E-state index contributed by atoms with van der Waals surface area (Å²) in [5, 5.41) is 0. The summed E-state index contributed by atoms with van der Waals surface area (Å²) in [6.07, 6.45) is 1.45. The van der Waals surface area contributed by atoms with Gasteiger partial charge in [-0.2, -0.15) is 0 Å². The average Bonchev–Trinajstić information content (AvgIpc) is 3.15. The smallest absolute Gasteiger partial charge is 0.271 e. The van der Waals surface area contributed by atoms with Crippen molar-refractivity contribution in [3.05, 3.63) is 70.6 Å². The SMILES string of the molecule is Cc1ccc(S(=O)(=O)N2CCCc3ccc(NS(=O)(=O)c4ccc(C)s4)cc32)cc1. The minimum Gasteiger partial charge on any atom is -0.279 e. The maximum Gasteiger partial charge on any atom is 0.271 e. The first-order chi connectivity index (χ1) is 14.2. The summed E-state index contributed by atoms with van der Waals surface area (Å²) < 4.78 is 56.1. The molecule has 1 N–H and O–H groups in total. The molecule has 0 unspecified atom stereocenters. The molecule has 30 heavy (non-hydrogen) atoms. The number of anilines is 2. The fourth-order valence-electron chi connectivity index (χ4n) is 3.45. The monoisotopic (exact) mass is 462 g/mol. The van der Waals surface area contributed by atoms with Gasteiger partial charge in [0, 0.05) is 11.4 Å². The summed E-state index contributed by atoms with van der Waals surface area (Å²) in [4.78, 5) is 1.12. The summed E-state index contributed by atoms with van der Waals surface area (Å²) in [5.41, 5.74) is 2.72. The highest BCUT2D eigenvalue weighted by Gasteiger charge is 2.29. The van der Waals surface area contributed by atoms with Crippen LogP contribution in [-0.4, -0.2) is 23.4 Å². The largest absolute Gasteiger partial charge is 0.279 e. The van der Waals surface area contributed by atoms with Crippen molar-refractivity contribution in [3.8, 4) is 0 Å². The first-order valence-electron chi connectivity index (χ1n) is 9.48. The van der Waals surface area contributed by atoms with Gasteiger partial charge in [-0.15, -0.1) is 11.3 Å². The Bertz CT molecular complexity index is 1290. The van der Waals surface area contributed by atoms with Gasteiger partial charge in [-0.3, -0.25) is 9.03 Å². The second-order valence-corrected chi connectivity index (χ2v) is 12.4. The molecule has 2 heterocycles. The summed E-state index contributed by atoms with van der Waals surface area (Å²) in [7, 11) is -7.47. The summed E-state index contributed by atoms with van der Waals surface area (Å²) in [6.45, 7) is 4.10. The first kappa shape index (κ1) is 20.9. The number of hydrogen-bond acceptors (Lipinski definition) is 5. The molecule has 0 bridgehead atoms. The molecule has 0 atom stereocenters. The van der Waals surface area contributed by atoms with Gasteiger partial charge in [0.25, 0.3) is 20.0 Å². The second-order valence-electron chi connectivity index (χ2n) is 7.31. The van der Waals surface area contributed by atoms with Crippen molar-refractivity contribution < 1.29 is 16.8 Å². The van der Waals surface area contributed by atoms with Crippen LogP contribution in [0.2, 0.25) is 0 Å². The molecular formula is C21H22N2O4S3. The normalized spacial score (nSPS) is 14.4. The van der Waals surface area contributed by atoms with E-state index in [0.717, 1.165) is 22.4 Å². The van der Waals surface area contributed by atoms with Crippen molar-refractivity contribution >= 4 is 42.8 Å². The number of nitrogens with one attached hydrogen (secondary N) is 1. The summed E-state index contributed by atoms with van der Waals surface area (Å²) >= 11 is 1.19. The Morgan fingerprint density at radius 3 is 2.33 bits per heavy atom. The van der Waals surface area contributed by atoms with E-state index >= 15 is 0 Å². The molecular weight excluding hydrogens is 440 g/mol. The zero-order chi connectivity index (χ0) is 21.5. The lowest BCUT2D eigenvalue weighted by atomic mass is 10.0. The topological polar surface area (TPSA) is 83.6 Å². The molecule has 0 saturated carbocycles. The number of sulfonamides is 2. The molecule has 1 aromatic heterocycles. The van der Waals surface area contributed by atoms with E-state index in [2.05, 4.69) is 4.72 Å². The quantitative estimate of drug-likeness (QED) is 0.613. The lowest BCUT2D eigenvalue weighted by Crippen LogP contribution is -2.35. The van der Waals surface area contributed by atoms with Gasteiger partial charge in [-0.1, -0.05) is 23.8 Å². The first-order valence-corrected chi connectivity index (χ1v) is 13.2. The van der Waals surface area contributed by atoms with Crippen molar-refractivity contribution in [2.75, 3.05) is 15.6 Å². The van der Waals surface area contributed by atoms with E-state index in [0.29, 0.717) is 24.3 Å². The van der Waals surface area contributed by atoms with Crippen LogP contribution in [0.4, 0.5) is 11.4 Å². The number of aryl methyl sites for hydroxylation is 3. The molecule has 0 saturated heterocycles. The molecule has 0 aliphatic carbocycles. The van der Waals surface area contributed by atoms with Gasteiger partial charge in [-0.25, -0.2) is 16.8 Å². The third kappa shape index (κ3) is 3.97. The van der Waals surface area contributed by atoms with E-state index in [1.165, 1.54) is 15.6 Å². The average molecular weight is 463 g/mol. The van der Waals surface area contributed by atoms with Crippen LogP contribution in [0.15, 0.2) is 63.7 Å². The Morgan fingerprint density at radius 2 is 1.67 bits per heavy atom. The molecule has 3 aromatic rings. The highest BCUT2D eigenvalue weighted by molar-refractivity contribution is 7.94. The van der Waals surface area contributed by atoms with Crippen LogP contribution in [0.5, 0.6) is 0 Å². The highest BCUT2D eigenvalue weighted by atomic mass is 32.2. The zero-order valence-corrected chi connectivity index (χ0v) is 19.1. The van der Waals surface area contributed by atoms with Crippen LogP contribution in [-0.2, 0) is 26.5 Å². The predicted molar refractivity (Wildman–Crippen MR) is 120 cm³/mol. The van der Waals surface area contributed by atoms with E-state index in [1.54, 1.807) is 54.6 Å². The van der Waals surface area contributed by atoms with Crippen molar-refractivity contribution in [2.24, 2.45) is 0 Å². The Balaban J connectivity index is 1.70. The lowest BCUT2D eigenvalue weighted by molar-refractivity contribution is 0.586. The van der Waals surface area contributed by atoms with Crippen LogP contribution in [0.3, 0.4) is 0 Å². The standard InChI is InChI=1S/C21H22N2O4S3/c1-15-5-10-19(11-6-15)30(26,27)23-13-3-4-17-8-9-18(14-20(17)23)22-29(24,25)21-12-7-16(2)28-21/h5-12,14,22H,3-4,13H2,1-2H3. The van der Waals surface area contributed by atoms with Gasteiger partial charge in [0.1, 0.15) is 4.21 Å². The minimum atomic E-state index is -3.74. The van der Waals surface area contributed by atoms with Crippen molar-refractivity contribution in [2.45, 2.75) is 35.8 Å². The molecule has 0 amide bonds. The molecule has 9 heteroatoms. The van der Waals surface area contributed by atoms with Crippen LogP contribution in [0.1, 0.15) is 22.4 Å². The van der Waals surface area contributed by atoms with Crippen LogP contribution >= 0.6 is 11.3 Å². The molecule has 1 aliphatic heterocycles. The number of fused-ring (bicyclic) bond motifs is 1. The Labute approximate surface area is 181 Å². The van der Waals surface area contributed by atoms with Gasteiger partial charge in [0.05, 0.1) is 16.3 Å². The van der Waals surface area contributed by atoms with Crippen molar-refractivity contribution in [1.82, 2.24) is 0 Å². The second kappa shape index (κ2) is 7.72. The van der Waals surface area contributed by atoms with Crippen molar-refractivity contribution in [3.63, 3.8) is 0 Å². The van der Waals surface area contributed by atoms with Gasteiger partial charge >= 0.3 is 0 Å². The number of benzene rings is 2. The number of rotatable bonds is 5. The molecule has 0 radical (unpaired) electrons. The summed E-state index contributed by atoms with van der Waals surface area (Å²) in [5.74, 6) is 0. The van der Waals surface area contributed by atoms with E-state index in [-0.39, 0.29) is 9.10 Å². The van der Waals surface area contributed by atoms with E-state index in [1.807, 2.05) is 13.8 Å². The van der Waals surface area contributed by atoms with Gasteiger partial charge in [-0.05, 0) is 68.7 Å². The predicted octanol–water partition coefficient (Wildman–Crippen LogP) is 4.31. The fraction of sp³-hybridized carbons (Fsp3) is 0.238. The molecule has 1 aliphatic rings. The van der Waals surface area contributed by atoms with E-state index < -0.39 is 20.0 Å². The number of nitrogens with zero attached hydrogens (tertiary/aromatic N) is 1. The third-order valence-electron chi connectivity index (χ3n) is 5.00. The molecule has 4 rings (SSSR count). The van der Waals surface area contributed by atoms with Crippen LogP contribution in [0.25, 0.3) is 0 Å². The van der Waals surface area contributed by atoms with E-state index in [9.17, 15) is 16.8 Å².